The van der Waals surface area contributed by atoms with Crippen LogP contribution in [0.5, 0.6) is 0 Å². The van der Waals surface area contributed by atoms with E-state index in [1.807, 2.05) is 20.8 Å². The van der Waals surface area contributed by atoms with Gasteiger partial charge in [0.1, 0.15) is 0 Å². The Kier molecular flexibility index (Phi) is 4.45. The molecule has 0 unspecified atom stereocenters. The minimum atomic E-state index is -0.135. The number of amides is 1. The van der Waals surface area contributed by atoms with Crippen molar-refractivity contribution in [2.24, 2.45) is 0 Å². The highest BCUT2D eigenvalue weighted by atomic mass is 16.5. The monoisotopic (exact) mass is 321 g/mol. The van der Waals surface area contributed by atoms with E-state index in [1.165, 1.54) is 12.8 Å². The highest BCUT2D eigenvalue weighted by Crippen LogP contribution is 2.37. The fourth-order valence-corrected chi connectivity index (χ4v) is 3.58. The number of carbonyl (C=O) groups excluding carboxylic acids is 1. The second kappa shape index (κ2) is 6.23. The van der Waals surface area contributed by atoms with Crippen LogP contribution in [0.4, 0.5) is 0 Å². The van der Waals surface area contributed by atoms with E-state index in [4.69, 9.17) is 9.26 Å². The molecule has 1 aromatic heterocycles. The van der Waals surface area contributed by atoms with Gasteiger partial charge in [0.15, 0.2) is 5.82 Å². The van der Waals surface area contributed by atoms with E-state index < -0.39 is 0 Å². The molecule has 2 heterocycles. The second-order valence-electron chi connectivity index (χ2n) is 7.79. The van der Waals surface area contributed by atoms with Crippen molar-refractivity contribution in [1.29, 1.82) is 0 Å². The van der Waals surface area contributed by atoms with Crippen molar-refractivity contribution in [2.75, 3.05) is 19.8 Å². The van der Waals surface area contributed by atoms with Gasteiger partial charge >= 0.3 is 0 Å². The van der Waals surface area contributed by atoms with Crippen LogP contribution in [0.15, 0.2) is 4.52 Å². The number of hydrogen-bond acceptors (Lipinski definition) is 5. The molecule has 0 radical (unpaired) electrons. The molecule has 2 fully saturated rings. The number of carbonyl (C=O) groups is 1. The average Bonchev–Trinajstić information content (AvgIpc) is 3.15. The number of hydrogen-bond donors (Lipinski definition) is 0. The van der Waals surface area contributed by atoms with Crippen molar-refractivity contribution in [3.63, 3.8) is 0 Å². The minimum Gasteiger partial charge on any atom is -0.377 e. The zero-order chi connectivity index (χ0) is 16.5. The van der Waals surface area contributed by atoms with Crippen LogP contribution in [0.1, 0.15) is 64.6 Å². The SMILES string of the molecule is CC(C)(C)c1noc(CCC(=O)N2CCOCC23CCCC3)n1. The Balaban J connectivity index is 1.61. The maximum absolute atomic E-state index is 12.7. The van der Waals surface area contributed by atoms with Crippen LogP contribution in [0.25, 0.3) is 0 Å². The van der Waals surface area contributed by atoms with Gasteiger partial charge in [0.25, 0.3) is 0 Å². The van der Waals surface area contributed by atoms with Crippen molar-refractivity contribution < 1.29 is 14.1 Å². The first-order valence-electron chi connectivity index (χ1n) is 8.62. The summed E-state index contributed by atoms with van der Waals surface area (Å²) in [5.41, 5.74) is -0.190. The molecule has 0 atom stereocenters. The van der Waals surface area contributed by atoms with Crippen LogP contribution in [0, 0.1) is 0 Å². The summed E-state index contributed by atoms with van der Waals surface area (Å²) in [5.74, 6) is 1.43. The summed E-state index contributed by atoms with van der Waals surface area (Å²) in [6.07, 6.45) is 5.43. The van der Waals surface area contributed by atoms with E-state index in [1.54, 1.807) is 0 Å². The normalized spacial score (nSPS) is 21.1. The van der Waals surface area contributed by atoms with E-state index in [9.17, 15) is 4.79 Å². The molecule has 23 heavy (non-hydrogen) atoms. The zero-order valence-electron chi connectivity index (χ0n) is 14.4. The molecule has 1 saturated heterocycles. The third kappa shape index (κ3) is 3.42. The molecule has 2 aliphatic rings. The summed E-state index contributed by atoms with van der Waals surface area (Å²) in [5, 5.41) is 4.02. The Labute approximate surface area is 137 Å². The van der Waals surface area contributed by atoms with Crippen molar-refractivity contribution in [2.45, 2.75) is 70.3 Å². The molecule has 1 amide bonds. The molecule has 1 spiro atoms. The van der Waals surface area contributed by atoms with Gasteiger partial charge in [0.05, 0.1) is 18.8 Å². The van der Waals surface area contributed by atoms with Crippen LogP contribution < -0.4 is 0 Å². The topological polar surface area (TPSA) is 68.5 Å². The Morgan fingerprint density at radius 1 is 1.30 bits per heavy atom. The van der Waals surface area contributed by atoms with Crippen LogP contribution in [-0.2, 0) is 21.4 Å². The molecule has 0 aromatic carbocycles. The lowest BCUT2D eigenvalue weighted by molar-refractivity contribution is -0.149. The van der Waals surface area contributed by atoms with E-state index in [0.29, 0.717) is 44.3 Å². The van der Waals surface area contributed by atoms with Gasteiger partial charge in [-0.15, -0.1) is 0 Å². The Morgan fingerprint density at radius 3 is 2.70 bits per heavy atom. The van der Waals surface area contributed by atoms with Crippen molar-refractivity contribution in [3.05, 3.63) is 11.7 Å². The van der Waals surface area contributed by atoms with Crippen LogP contribution in [0.3, 0.4) is 0 Å². The van der Waals surface area contributed by atoms with E-state index >= 15 is 0 Å². The van der Waals surface area contributed by atoms with Gasteiger partial charge in [-0.2, -0.15) is 4.98 Å². The Bertz CT molecular complexity index is 556. The average molecular weight is 321 g/mol. The quantitative estimate of drug-likeness (QED) is 0.855. The molecule has 6 heteroatoms. The van der Waals surface area contributed by atoms with Gasteiger partial charge in [-0.1, -0.05) is 38.8 Å². The Hall–Kier alpha value is -1.43. The van der Waals surface area contributed by atoms with Crippen molar-refractivity contribution in [1.82, 2.24) is 15.0 Å². The van der Waals surface area contributed by atoms with Gasteiger partial charge in [0.2, 0.25) is 11.8 Å². The number of nitrogens with zero attached hydrogens (tertiary/aromatic N) is 3. The molecular formula is C17H27N3O3. The predicted octanol–water partition coefficient (Wildman–Crippen LogP) is 2.47. The van der Waals surface area contributed by atoms with Crippen LogP contribution in [-0.4, -0.2) is 46.2 Å². The third-order valence-electron chi connectivity index (χ3n) is 4.93. The first-order chi connectivity index (χ1) is 10.9. The minimum absolute atomic E-state index is 0.0548. The molecule has 128 valence electrons. The summed E-state index contributed by atoms with van der Waals surface area (Å²) in [6.45, 7) is 8.17. The predicted molar refractivity (Wildman–Crippen MR) is 85.1 cm³/mol. The first kappa shape index (κ1) is 16.4. The highest BCUT2D eigenvalue weighted by Gasteiger charge is 2.44. The van der Waals surface area contributed by atoms with Crippen molar-refractivity contribution >= 4 is 5.91 Å². The molecule has 1 saturated carbocycles. The van der Waals surface area contributed by atoms with Gasteiger partial charge in [-0.25, -0.2) is 0 Å². The number of rotatable bonds is 3. The smallest absolute Gasteiger partial charge is 0.227 e. The fraction of sp³-hybridized carbons (Fsp3) is 0.824. The highest BCUT2D eigenvalue weighted by molar-refractivity contribution is 5.77. The van der Waals surface area contributed by atoms with Gasteiger partial charge in [-0.05, 0) is 12.8 Å². The molecule has 1 aromatic rings. The summed E-state index contributed by atoms with van der Waals surface area (Å²) in [6, 6.07) is 0. The molecule has 6 nitrogen and oxygen atoms in total. The lowest BCUT2D eigenvalue weighted by atomic mass is 9.94. The summed E-state index contributed by atoms with van der Waals surface area (Å²) < 4.78 is 10.9. The Morgan fingerprint density at radius 2 is 2.04 bits per heavy atom. The second-order valence-corrected chi connectivity index (χ2v) is 7.79. The zero-order valence-corrected chi connectivity index (χ0v) is 14.4. The number of aromatic nitrogens is 2. The fourth-order valence-electron chi connectivity index (χ4n) is 3.58. The molecule has 1 aliphatic carbocycles. The summed E-state index contributed by atoms with van der Waals surface area (Å²) in [7, 11) is 0. The van der Waals surface area contributed by atoms with Gasteiger partial charge in [0, 0.05) is 24.8 Å². The van der Waals surface area contributed by atoms with Crippen LogP contribution >= 0.6 is 0 Å². The van der Waals surface area contributed by atoms with E-state index in [0.717, 1.165) is 12.8 Å². The maximum atomic E-state index is 12.7. The van der Waals surface area contributed by atoms with Gasteiger partial charge < -0.3 is 14.2 Å². The molecule has 1 aliphatic heterocycles. The largest absolute Gasteiger partial charge is 0.377 e. The van der Waals surface area contributed by atoms with E-state index in [-0.39, 0.29) is 16.9 Å². The molecule has 3 rings (SSSR count). The number of ether oxygens (including phenoxy) is 1. The van der Waals surface area contributed by atoms with Crippen LogP contribution in [0.2, 0.25) is 0 Å². The van der Waals surface area contributed by atoms with Crippen molar-refractivity contribution in [3.8, 4) is 0 Å². The lowest BCUT2D eigenvalue weighted by Gasteiger charge is -2.44. The summed E-state index contributed by atoms with van der Waals surface area (Å²) >= 11 is 0. The molecular weight excluding hydrogens is 294 g/mol. The molecule has 0 bridgehead atoms. The molecule has 0 N–H and O–H groups in total. The van der Waals surface area contributed by atoms with Gasteiger partial charge in [-0.3, -0.25) is 4.79 Å². The third-order valence-corrected chi connectivity index (χ3v) is 4.93. The number of morpholine rings is 1. The standard InChI is InChI=1S/C17H27N3O3/c1-16(2,3)15-18-13(23-19-15)6-7-14(21)20-10-11-22-12-17(20)8-4-5-9-17/h4-12H2,1-3H3. The maximum Gasteiger partial charge on any atom is 0.227 e. The summed E-state index contributed by atoms with van der Waals surface area (Å²) in [4.78, 5) is 19.2. The lowest BCUT2D eigenvalue weighted by Crippen LogP contribution is -2.57. The first-order valence-corrected chi connectivity index (χ1v) is 8.62. The van der Waals surface area contributed by atoms with E-state index in [2.05, 4.69) is 15.0 Å². The number of aryl methyl sites for hydroxylation is 1.